The van der Waals surface area contributed by atoms with Crippen LogP contribution in [0.15, 0.2) is 24.3 Å². The molecule has 0 aliphatic heterocycles. The predicted molar refractivity (Wildman–Crippen MR) is 80.1 cm³/mol. The fourth-order valence-electron chi connectivity index (χ4n) is 2.02. The highest BCUT2D eigenvalue weighted by atomic mass is 14.9. The van der Waals surface area contributed by atoms with E-state index in [9.17, 15) is 0 Å². The van der Waals surface area contributed by atoms with Gasteiger partial charge in [0, 0.05) is 13.1 Å². The molecule has 0 aliphatic rings. The zero-order chi connectivity index (χ0) is 13.2. The van der Waals surface area contributed by atoms with E-state index in [1.807, 2.05) is 0 Å². The molecule has 0 aromatic heterocycles. The molecule has 0 aliphatic carbocycles. The van der Waals surface area contributed by atoms with Crippen molar-refractivity contribution in [3.8, 4) is 0 Å². The molecule has 0 atom stereocenters. The van der Waals surface area contributed by atoms with Crippen LogP contribution >= 0.6 is 0 Å². The van der Waals surface area contributed by atoms with Crippen molar-refractivity contribution in [1.82, 2.24) is 10.6 Å². The van der Waals surface area contributed by atoms with E-state index >= 15 is 0 Å². The molecule has 0 saturated carbocycles. The van der Waals surface area contributed by atoms with Crippen LogP contribution in [-0.2, 0) is 12.8 Å². The number of rotatable bonds is 9. The molecule has 18 heavy (non-hydrogen) atoms. The van der Waals surface area contributed by atoms with Crippen LogP contribution in [0, 0.1) is 5.92 Å². The highest BCUT2D eigenvalue weighted by Crippen LogP contribution is 2.09. The monoisotopic (exact) mass is 248 g/mol. The highest BCUT2D eigenvalue weighted by molar-refractivity contribution is 5.23. The van der Waals surface area contributed by atoms with E-state index in [1.54, 1.807) is 0 Å². The summed E-state index contributed by atoms with van der Waals surface area (Å²) in [7, 11) is 0. The smallest absolute Gasteiger partial charge is 0.00768 e. The third-order valence-electron chi connectivity index (χ3n) is 2.99. The zero-order valence-corrected chi connectivity index (χ0v) is 12.1. The van der Waals surface area contributed by atoms with Gasteiger partial charge in [-0.05, 0) is 43.0 Å². The molecule has 0 heterocycles. The summed E-state index contributed by atoms with van der Waals surface area (Å²) in [6.45, 7) is 10.9. The summed E-state index contributed by atoms with van der Waals surface area (Å²) in [5.74, 6) is 0.739. The van der Waals surface area contributed by atoms with Gasteiger partial charge >= 0.3 is 0 Å². The van der Waals surface area contributed by atoms with Gasteiger partial charge in [0.2, 0.25) is 0 Å². The lowest BCUT2D eigenvalue weighted by atomic mass is 10.0. The van der Waals surface area contributed by atoms with Gasteiger partial charge in [-0.2, -0.15) is 0 Å². The molecular formula is C16H28N2. The third kappa shape index (κ3) is 6.77. The Hall–Kier alpha value is -0.860. The van der Waals surface area contributed by atoms with Crippen molar-refractivity contribution in [1.29, 1.82) is 0 Å². The molecule has 1 rings (SSSR count). The number of likely N-dealkylation sites (N-methyl/N-ethyl adjacent to an activating group) is 1. The van der Waals surface area contributed by atoms with Crippen molar-refractivity contribution >= 4 is 0 Å². The van der Waals surface area contributed by atoms with Crippen LogP contribution in [0.5, 0.6) is 0 Å². The van der Waals surface area contributed by atoms with Crippen molar-refractivity contribution in [2.24, 2.45) is 5.92 Å². The summed E-state index contributed by atoms with van der Waals surface area (Å²) in [4.78, 5) is 0. The van der Waals surface area contributed by atoms with E-state index in [0.717, 1.165) is 38.5 Å². The highest BCUT2D eigenvalue weighted by Gasteiger charge is 1.98. The molecule has 1 aromatic rings. The third-order valence-corrected chi connectivity index (χ3v) is 2.99. The van der Waals surface area contributed by atoms with Crippen LogP contribution in [-0.4, -0.2) is 26.2 Å². The lowest BCUT2D eigenvalue weighted by molar-refractivity contribution is 0.624. The Morgan fingerprint density at radius 3 is 2.11 bits per heavy atom. The molecule has 2 heteroatoms. The Morgan fingerprint density at radius 2 is 1.50 bits per heavy atom. The van der Waals surface area contributed by atoms with Crippen LogP contribution in [0.2, 0.25) is 0 Å². The van der Waals surface area contributed by atoms with E-state index in [-0.39, 0.29) is 0 Å². The minimum atomic E-state index is 0.739. The number of benzene rings is 1. The molecular weight excluding hydrogens is 220 g/mol. The van der Waals surface area contributed by atoms with Gasteiger partial charge in [-0.3, -0.25) is 0 Å². The van der Waals surface area contributed by atoms with E-state index in [0.29, 0.717) is 0 Å². The first-order valence-corrected chi connectivity index (χ1v) is 7.21. The largest absolute Gasteiger partial charge is 0.316 e. The van der Waals surface area contributed by atoms with Gasteiger partial charge in [-0.15, -0.1) is 0 Å². The number of nitrogens with one attached hydrogen (secondary N) is 2. The van der Waals surface area contributed by atoms with Crippen LogP contribution in [0.3, 0.4) is 0 Å². The SMILES string of the molecule is CCNCCNCCc1ccc(CC(C)C)cc1. The molecule has 0 amide bonds. The number of hydrogen-bond donors (Lipinski definition) is 2. The summed E-state index contributed by atoms with van der Waals surface area (Å²) >= 11 is 0. The maximum Gasteiger partial charge on any atom is 0.00768 e. The van der Waals surface area contributed by atoms with Crippen LogP contribution < -0.4 is 10.6 Å². The van der Waals surface area contributed by atoms with Gasteiger partial charge in [-0.25, -0.2) is 0 Å². The first-order valence-electron chi connectivity index (χ1n) is 7.21. The van der Waals surface area contributed by atoms with Crippen molar-refractivity contribution in [2.45, 2.75) is 33.6 Å². The second-order valence-corrected chi connectivity index (χ2v) is 5.27. The Kier molecular flexibility index (Phi) is 7.70. The fourth-order valence-corrected chi connectivity index (χ4v) is 2.02. The van der Waals surface area contributed by atoms with E-state index in [1.165, 1.54) is 17.5 Å². The van der Waals surface area contributed by atoms with Gasteiger partial charge in [0.1, 0.15) is 0 Å². The molecule has 0 spiro atoms. The van der Waals surface area contributed by atoms with Gasteiger partial charge in [-0.1, -0.05) is 45.0 Å². The van der Waals surface area contributed by atoms with Gasteiger partial charge in [0.25, 0.3) is 0 Å². The van der Waals surface area contributed by atoms with E-state index in [4.69, 9.17) is 0 Å². The Balaban J connectivity index is 2.18. The lowest BCUT2D eigenvalue weighted by Crippen LogP contribution is -2.28. The van der Waals surface area contributed by atoms with Crippen molar-refractivity contribution in [2.75, 3.05) is 26.2 Å². The second-order valence-electron chi connectivity index (χ2n) is 5.27. The summed E-state index contributed by atoms with van der Waals surface area (Å²) in [5.41, 5.74) is 2.88. The quantitative estimate of drug-likeness (QED) is 0.657. The normalized spacial score (nSPS) is 11.1. The minimum absolute atomic E-state index is 0.739. The maximum absolute atomic E-state index is 3.45. The van der Waals surface area contributed by atoms with E-state index in [2.05, 4.69) is 55.7 Å². The first-order chi connectivity index (χ1) is 8.72. The van der Waals surface area contributed by atoms with Crippen molar-refractivity contribution < 1.29 is 0 Å². The molecule has 0 saturated heterocycles. The zero-order valence-electron chi connectivity index (χ0n) is 12.1. The Morgan fingerprint density at radius 1 is 0.889 bits per heavy atom. The molecule has 0 fully saturated rings. The summed E-state index contributed by atoms with van der Waals surface area (Å²) in [6, 6.07) is 9.08. The van der Waals surface area contributed by atoms with Crippen LogP contribution in [0.1, 0.15) is 31.9 Å². The summed E-state index contributed by atoms with van der Waals surface area (Å²) < 4.78 is 0. The predicted octanol–water partition coefficient (Wildman–Crippen LogP) is 2.63. The number of hydrogen-bond acceptors (Lipinski definition) is 2. The summed E-state index contributed by atoms with van der Waals surface area (Å²) in [5, 5.41) is 6.76. The average Bonchev–Trinajstić information content (AvgIpc) is 2.35. The average molecular weight is 248 g/mol. The molecule has 102 valence electrons. The minimum Gasteiger partial charge on any atom is -0.316 e. The fraction of sp³-hybridized carbons (Fsp3) is 0.625. The second kappa shape index (κ2) is 9.12. The molecule has 2 N–H and O–H groups in total. The van der Waals surface area contributed by atoms with Crippen LogP contribution in [0.25, 0.3) is 0 Å². The first kappa shape index (κ1) is 15.2. The van der Waals surface area contributed by atoms with E-state index < -0.39 is 0 Å². The van der Waals surface area contributed by atoms with Crippen molar-refractivity contribution in [3.63, 3.8) is 0 Å². The molecule has 0 radical (unpaired) electrons. The summed E-state index contributed by atoms with van der Waals surface area (Å²) in [6.07, 6.45) is 2.30. The topological polar surface area (TPSA) is 24.1 Å². The Bertz CT molecular complexity index is 303. The molecule has 1 aromatic carbocycles. The lowest BCUT2D eigenvalue weighted by Gasteiger charge is -2.07. The Labute approximate surface area is 112 Å². The molecule has 0 bridgehead atoms. The molecule has 0 unspecified atom stereocenters. The van der Waals surface area contributed by atoms with Crippen molar-refractivity contribution in [3.05, 3.63) is 35.4 Å². The standard InChI is InChI=1S/C16H28N2/c1-4-17-11-12-18-10-9-15-5-7-16(8-6-15)13-14(2)3/h5-8,14,17-18H,4,9-13H2,1-3H3. The van der Waals surface area contributed by atoms with Gasteiger partial charge in [0.05, 0.1) is 0 Å². The molecule has 2 nitrogen and oxygen atoms in total. The van der Waals surface area contributed by atoms with Crippen LogP contribution in [0.4, 0.5) is 0 Å². The van der Waals surface area contributed by atoms with Gasteiger partial charge in [0.15, 0.2) is 0 Å². The van der Waals surface area contributed by atoms with Gasteiger partial charge < -0.3 is 10.6 Å². The maximum atomic E-state index is 3.45.